The lowest BCUT2D eigenvalue weighted by Crippen LogP contribution is -2.17. The number of rotatable bonds is 5. The van der Waals surface area contributed by atoms with Crippen LogP contribution >= 0.6 is 0 Å². The van der Waals surface area contributed by atoms with Crippen molar-refractivity contribution in [3.05, 3.63) is 47.9 Å². The molecule has 1 aliphatic rings. The minimum Gasteiger partial charge on any atom is -0.489 e. The second kappa shape index (κ2) is 6.66. The Kier molecular flexibility index (Phi) is 4.54. The topological polar surface area (TPSA) is 87.3 Å². The van der Waals surface area contributed by atoms with Gasteiger partial charge in [-0.3, -0.25) is 4.79 Å². The summed E-state index contributed by atoms with van der Waals surface area (Å²) in [6.45, 7) is 4.01. The molecule has 3 rings (SSSR count). The lowest BCUT2D eigenvalue weighted by Gasteiger charge is -2.12. The van der Waals surface area contributed by atoms with E-state index in [1.54, 1.807) is 0 Å². The molecule has 0 fully saturated rings. The van der Waals surface area contributed by atoms with Crippen LogP contribution in [-0.4, -0.2) is 28.8 Å². The molecule has 136 valence electrons. The molecule has 2 heterocycles. The van der Waals surface area contributed by atoms with Crippen molar-refractivity contribution in [2.24, 2.45) is 5.73 Å². The molecule has 0 saturated carbocycles. The van der Waals surface area contributed by atoms with Crippen molar-refractivity contribution < 1.29 is 27.4 Å². The number of hydrogen-bond donors (Lipinski definition) is 1. The van der Waals surface area contributed by atoms with Gasteiger partial charge in [0.1, 0.15) is 17.3 Å². The van der Waals surface area contributed by atoms with E-state index in [-0.39, 0.29) is 17.7 Å². The number of hydrogen-bond acceptors (Lipinski definition) is 5. The van der Waals surface area contributed by atoms with E-state index in [9.17, 15) is 18.0 Å². The van der Waals surface area contributed by atoms with E-state index < -0.39 is 12.3 Å². The minimum absolute atomic E-state index is 0.0743. The van der Waals surface area contributed by atoms with Gasteiger partial charge in [-0.1, -0.05) is 6.58 Å². The SMILES string of the molecule is C=C(Cc1nc2c(c(-c3ccc(OC(F)(F)F)cc3)n1)OCC2)C(N)=O. The van der Waals surface area contributed by atoms with Crippen LogP contribution in [0, 0.1) is 0 Å². The van der Waals surface area contributed by atoms with Gasteiger partial charge in [-0.2, -0.15) is 0 Å². The van der Waals surface area contributed by atoms with E-state index in [4.69, 9.17) is 10.5 Å². The number of fused-ring (bicyclic) bond motifs is 1. The van der Waals surface area contributed by atoms with Gasteiger partial charge in [-0.15, -0.1) is 13.2 Å². The molecule has 0 bridgehead atoms. The average Bonchev–Trinajstić information content (AvgIpc) is 3.01. The van der Waals surface area contributed by atoms with Crippen LogP contribution in [0.25, 0.3) is 11.3 Å². The lowest BCUT2D eigenvalue weighted by molar-refractivity contribution is -0.274. The average molecular weight is 365 g/mol. The lowest BCUT2D eigenvalue weighted by atomic mass is 10.1. The van der Waals surface area contributed by atoms with Crippen LogP contribution in [0.15, 0.2) is 36.4 Å². The molecule has 2 N–H and O–H groups in total. The second-order valence-electron chi connectivity index (χ2n) is 5.58. The number of nitrogens with two attached hydrogens (primary N) is 1. The maximum Gasteiger partial charge on any atom is 0.573 e. The Balaban J connectivity index is 1.95. The Morgan fingerprint density at radius 3 is 2.58 bits per heavy atom. The molecule has 1 aromatic heterocycles. The van der Waals surface area contributed by atoms with Crippen LogP contribution in [-0.2, 0) is 17.6 Å². The predicted molar refractivity (Wildman–Crippen MR) is 85.4 cm³/mol. The second-order valence-corrected chi connectivity index (χ2v) is 5.58. The first kappa shape index (κ1) is 17.7. The molecule has 0 radical (unpaired) electrons. The van der Waals surface area contributed by atoms with Crippen LogP contribution in [0.5, 0.6) is 11.5 Å². The highest BCUT2D eigenvalue weighted by atomic mass is 19.4. The van der Waals surface area contributed by atoms with Crippen LogP contribution in [0.3, 0.4) is 0 Å². The zero-order chi connectivity index (χ0) is 18.9. The maximum atomic E-state index is 12.3. The minimum atomic E-state index is -4.76. The van der Waals surface area contributed by atoms with E-state index >= 15 is 0 Å². The van der Waals surface area contributed by atoms with Crippen molar-refractivity contribution in [1.82, 2.24) is 9.97 Å². The molecule has 0 saturated heterocycles. The number of primary amides is 1. The molecular weight excluding hydrogens is 351 g/mol. The summed E-state index contributed by atoms with van der Waals surface area (Å²) in [6.07, 6.45) is -4.12. The molecule has 26 heavy (non-hydrogen) atoms. The fraction of sp³-hybridized carbons (Fsp3) is 0.235. The Morgan fingerprint density at radius 1 is 1.27 bits per heavy atom. The number of ether oxygens (including phenoxy) is 2. The molecule has 0 unspecified atom stereocenters. The van der Waals surface area contributed by atoms with E-state index in [0.717, 1.165) is 0 Å². The number of nitrogens with zero attached hydrogens (tertiary/aromatic N) is 2. The van der Waals surface area contributed by atoms with Crippen LogP contribution in [0.4, 0.5) is 13.2 Å². The van der Waals surface area contributed by atoms with Crippen LogP contribution < -0.4 is 15.2 Å². The molecule has 9 heteroatoms. The number of aromatic nitrogens is 2. The van der Waals surface area contributed by atoms with Gasteiger partial charge < -0.3 is 15.2 Å². The quantitative estimate of drug-likeness (QED) is 0.823. The highest BCUT2D eigenvalue weighted by Crippen LogP contribution is 2.35. The van der Waals surface area contributed by atoms with Gasteiger partial charge in [0.2, 0.25) is 5.91 Å². The van der Waals surface area contributed by atoms with E-state index in [1.807, 2.05) is 0 Å². The summed E-state index contributed by atoms with van der Waals surface area (Å²) in [5.41, 5.74) is 6.97. The van der Waals surface area contributed by atoms with Crippen molar-refractivity contribution in [2.75, 3.05) is 6.61 Å². The van der Waals surface area contributed by atoms with E-state index in [2.05, 4.69) is 21.3 Å². The molecule has 2 aromatic rings. The standard InChI is InChI=1S/C17H14F3N3O3/c1-9(16(21)24)8-13-22-12-6-7-25-15(12)14(23-13)10-2-4-11(5-3-10)26-17(18,19)20/h2-5H,1,6-8H2,(H2,21,24). The van der Waals surface area contributed by atoms with E-state index in [0.29, 0.717) is 41.6 Å². The van der Waals surface area contributed by atoms with Crippen LogP contribution in [0.2, 0.25) is 0 Å². The first-order valence-corrected chi connectivity index (χ1v) is 7.59. The maximum absolute atomic E-state index is 12.3. The Morgan fingerprint density at radius 2 is 1.96 bits per heavy atom. The summed E-state index contributed by atoms with van der Waals surface area (Å²) in [6, 6.07) is 5.26. The normalized spacial score (nSPS) is 13.0. The third-order valence-corrected chi connectivity index (χ3v) is 3.65. The zero-order valence-electron chi connectivity index (χ0n) is 13.5. The zero-order valence-corrected chi connectivity index (χ0v) is 13.5. The van der Waals surface area contributed by atoms with Gasteiger partial charge in [-0.25, -0.2) is 9.97 Å². The number of benzene rings is 1. The third-order valence-electron chi connectivity index (χ3n) is 3.65. The number of amides is 1. The number of halogens is 3. The highest BCUT2D eigenvalue weighted by Gasteiger charge is 2.31. The molecular formula is C17H14F3N3O3. The van der Waals surface area contributed by atoms with E-state index in [1.165, 1.54) is 24.3 Å². The van der Waals surface area contributed by atoms with Gasteiger partial charge in [0.25, 0.3) is 0 Å². The monoisotopic (exact) mass is 365 g/mol. The van der Waals surface area contributed by atoms with Gasteiger partial charge in [0.15, 0.2) is 5.75 Å². The van der Waals surface area contributed by atoms with Gasteiger partial charge >= 0.3 is 6.36 Å². The van der Waals surface area contributed by atoms with Crippen molar-refractivity contribution in [1.29, 1.82) is 0 Å². The summed E-state index contributed by atoms with van der Waals surface area (Å²) < 4.78 is 46.2. The third kappa shape index (κ3) is 3.93. The van der Waals surface area contributed by atoms with Gasteiger partial charge in [0.05, 0.1) is 12.3 Å². The van der Waals surface area contributed by atoms with Crippen molar-refractivity contribution in [3.8, 4) is 22.8 Å². The summed E-state index contributed by atoms with van der Waals surface area (Å²) in [5.74, 6) is -0.178. The Labute approximate surface area is 146 Å². The molecule has 0 atom stereocenters. The van der Waals surface area contributed by atoms with Gasteiger partial charge in [-0.05, 0) is 24.3 Å². The van der Waals surface area contributed by atoms with Crippen molar-refractivity contribution in [2.45, 2.75) is 19.2 Å². The fourth-order valence-corrected chi connectivity index (χ4v) is 2.49. The van der Waals surface area contributed by atoms with Crippen molar-refractivity contribution in [3.63, 3.8) is 0 Å². The Hall–Kier alpha value is -3.10. The largest absolute Gasteiger partial charge is 0.573 e. The molecule has 1 amide bonds. The number of carbonyl (C=O) groups excluding carboxylic acids is 1. The first-order chi connectivity index (χ1) is 12.2. The fourth-order valence-electron chi connectivity index (χ4n) is 2.49. The molecule has 0 spiro atoms. The summed E-state index contributed by atoms with van der Waals surface area (Å²) in [7, 11) is 0. The Bertz CT molecular complexity index is 864. The highest BCUT2D eigenvalue weighted by molar-refractivity contribution is 5.91. The number of alkyl halides is 3. The molecule has 1 aromatic carbocycles. The molecule has 1 aliphatic heterocycles. The van der Waals surface area contributed by atoms with Gasteiger partial charge in [0, 0.05) is 24.0 Å². The first-order valence-electron chi connectivity index (χ1n) is 7.59. The summed E-state index contributed by atoms with van der Waals surface area (Å²) in [5, 5.41) is 0. The summed E-state index contributed by atoms with van der Waals surface area (Å²) in [4.78, 5) is 19.9. The van der Waals surface area contributed by atoms with Crippen LogP contribution in [0.1, 0.15) is 11.5 Å². The number of carbonyl (C=O) groups is 1. The molecule has 6 nitrogen and oxygen atoms in total. The summed E-state index contributed by atoms with van der Waals surface area (Å²) >= 11 is 0. The molecule has 0 aliphatic carbocycles. The predicted octanol–water partition coefficient (Wildman–Crippen LogP) is 2.56. The smallest absolute Gasteiger partial charge is 0.489 e. The van der Waals surface area contributed by atoms with Crippen molar-refractivity contribution >= 4 is 5.91 Å².